The van der Waals surface area contributed by atoms with Crippen LogP contribution in [0.2, 0.25) is 0 Å². The standard InChI is InChI=1S/C19H26N4O2/c1-14(2)17(18-20-8-9-22(18)3)21-19(24)15-6-4-5-7-16(15)23-10-12-25-13-11-23/h4-9,14,17H,10-13H2,1-3H3,(H,21,24). The number of carbonyl (C=O) groups excluding carboxylic acids is 1. The summed E-state index contributed by atoms with van der Waals surface area (Å²) in [7, 11) is 1.95. The van der Waals surface area contributed by atoms with Crippen LogP contribution in [0.1, 0.15) is 36.1 Å². The van der Waals surface area contributed by atoms with Crippen molar-refractivity contribution in [3.05, 3.63) is 48.0 Å². The Morgan fingerprint density at radius 2 is 1.96 bits per heavy atom. The van der Waals surface area contributed by atoms with Crippen molar-refractivity contribution in [1.29, 1.82) is 0 Å². The minimum Gasteiger partial charge on any atom is -0.378 e. The van der Waals surface area contributed by atoms with E-state index in [1.807, 2.05) is 42.1 Å². The quantitative estimate of drug-likeness (QED) is 0.906. The SMILES string of the molecule is CC(C)C(NC(=O)c1ccccc1N1CCOCC1)c1nccn1C. The van der Waals surface area contributed by atoms with E-state index in [2.05, 4.69) is 29.0 Å². The maximum atomic E-state index is 13.0. The Kier molecular flexibility index (Phi) is 5.38. The predicted molar refractivity (Wildman–Crippen MR) is 97.7 cm³/mol. The van der Waals surface area contributed by atoms with Gasteiger partial charge in [0.2, 0.25) is 0 Å². The molecule has 1 aliphatic rings. The van der Waals surface area contributed by atoms with Gasteiger partial charge in [-0.25, -0.2) is 4.98 Å². The van der Waals surface area contributed by atoms with E-state index < -0.39 is 0 Å². The number of nitrogens with one attached hydrogen (secondary N) is 1. The van der Waals surface area contributed by atoms with Gasteiger partial charge >= 0.3 is 0 Å². The van der Waals surface area contributed by atoms with Crippen molar-refractivity contribution < 1.29 is 9.53 Å². The van der Waals surface area contributed by atoms with Gasteiger partial charge in [-0.3, -0.25) is 4.79 Å². The van der Waals surface area contributed by atoms with Gasteiger partial charge in [-0.1, -0.05) is 26.0 Å². The van der Waals surface area contributed by atoms with Gasteiger partial charge in [0.05, 0.1) is 24.8 Å². The van der Waals surface area contributed by atoms with E-state index in [-0.39, 0.29) is 17.9 Å². The minimum absolute atomic E-state index is 0.0659. The number of aromatic nitrogens is 2. The number of morpholine rings is 1. The van der Waals surface area contributed by atoms with E-state index in [0.29, 0.717) is 18.8 Å². The lowest BCUT2D eigenvalue weighted by Crippen LogP contribution is -2.39. The van der Waals surface area contributed by atoms with Gasteiger partial charge in [0, 0.05) is 38.2 Å². The van der Waals surface area contributed by atoms with Crippen molar-refractivity contribution in [2.75, 3.05) is 31.2 Å². The van der Waals surface area contributed by atoms with Crippen LogP contribution in [0.15, 0.2) is 36.7 Å². The Hall–Kier alpha value is -2.34. The number of aryl methyl sites for hydroxylation is 1. The van der Waals surface area contributed by atoms with Crippen molar-refractivity contribution in [3.63, 3.8) is 0 Å². The van der Waals surface area contributed by atoms with E-state index >= 15 is 0 Å². The summed E-state index contributed by atoms with van der Waals surface area (Å²) < 4.78 is 7.38. The van der Waals surface area contributed by atoms with Crippen LogP contribution in [0.3, 0.4) is 0 Å². The molecule has 1 fully saturated rings. The first-order valence-corrected chi connectivity index (χ1v) is 8.77. The zero-order valence-corrected chi connectivity index (χ0v) is 15.1. The van der Waals surface area contributed by atoms with Crippen LogP contribution >= 0.6 is 0 Å². The number of hydrogen-bond donors (Lipinski definition) is 1. The topological polar surface area (TPSA) is 59.4 Å². The molecule has 1 aliphatic heterocycles. The van der Waals surface area contributed by atoms with Crippen molar-refractivity contribution in [2.45, 2.75) is 19.9 Å². The number of imidazole rings is 1. The summed E-state index contributed by atoms with van der Waals surface area (Å²) in [5.41, 5.74) is 1.66. The van der Waals surface area contributed by atoms with Crippen LogP contribution in [0.4, 0.5) is 5.69 Å². The number of ether oxygens (including phenoxy) is 1. The molecule has 3 rings (SSSR count). The van der Waals surface area contributed by atoms with Crippen LogP contribution in [0, 0.1) is 5.92 Å². The molecule has 134 valence electrons. The van der Waals surface area contributed by atoms with Crippen molar-refractivity contribution in [2.24, 2.45) is 13.0 Å². The summed E-state index contributed by atoms with van der Waals surface area (Å²) in [6.45, 7) is 7.17. The smallest absolute Gasteiger partial charge is 0.253 e. The lowest BCUT2D eigenvalue weighted by atomic mass is 10.0. The second-order valence-corrected chi connectivity index (χ2v) is 6.71. The van der Waals surface area contributed by atoms with Crippen molar-refractivity contribution in [3.8, 4) is 0 Å². The monoisotopic (exact) mass is 342 g/mol. The van der Waals surface area contributed by atoms with Gasteiger partial charge in [0.25, 0.3) is 5.91 Å². The van der Waals surface area contributed by atoms with E-state index in [0.717, 1.165) is 24.6 Å². The third-order valence-corrected chi connectivity index (χ3v) is 4.59. The van der Waals surface area contributed by atoms with Crippen LogP contribution in [-0.2, 0) is 11.8 Å². The molecule has 25 heavy (non-hydrogen) atoms. The Morgan fingerprint density at radius 3 is 2.60 bits per heavy atom. The van der Waals surface area contributed by atoms with Crippen molar-refractivity contribution in [1.82, 2.24) is 14.9 Å². The molecule has 0 spiro atoms. The zero-order valence-electron chi connectivity index (χ0n) is 15.1. The second-order valence-electron chi connectivity index (χ2n) is 6.71. The maximum Gasteiger partial charge on any atom is 0.253 e. The van der Waals surface area contributed by atoms with Crippen LogP contribution in [-0.4, -0.2) is 41.8 Å². The summed E-state index contributed by atoms with van der Waals surface area (Å²) in [6, 6.07) is 7.64. The molecule has 0 bridgehead atoms. The highest BCUT2D eigenvalue weighted by Gasteiger charge is 2.25. The lowest BCUT2D eigenvalue weighted by molar-refractivity contribution is 0.0921. The van der Waals surface area contributed by atoms with Gasteiger partial charge in [-0.2, -0.15) is 0 Å². The van der Waals surface area contributed by atoms with Gasteiger partial charge in [-0.15, -0.1) is 0 Å². The van der Waals surface area contributed by atoms with Crippen LogP contribution in [0.5, 0.6) is 0 Å². The Balaban J connectivity index is 1.84. The Bertz CT molecular complexity index is 720. The molecule has 1 aromatic heterocycles. The summed E-state index contributed by atoms with van der Waals surface area (Å²) >= 11 is 0. The van der Waals surface area contributed by atoms with E-state index in [1.54, 1.807) is 6.20 Å². The maximum absolute atomic E-state index is 13.0. The molecule has 1 atom stereocenters. The normalized spacial score (nSPS) is 16.1. The zero-order chi connectivity index (χ0) is 17.8. The third kappa shape index (κ3) is 3.85. The molecule has 2 aromatic rings. The van der Waals surface area contributed by atoms with Gasteiger partial charge in [-0.05, 0) is 18.1 Å². The summed E-state index contributed by atoms with van der Waals surface area (Å²) in [5, 5.41) is 3.18. The van der Waals surface area contributed by atoms with Gasteiger partial charge < -0.3 is 19.5 Å². The molecular weight excluding hydrogens is 316 g/mol. The Morgan fingerprint density at radius 1 is 1.24 bits per heavy atom. The van der Waals surface area contributed by atoms with Crippen LogP contribution in [0.25, 0.3) is 0 Å². The average molecular weight is 342 g/mol. The highest BCUT2D eigenvalue weighted by atomic mass is 16.5. The van der Waals surface area contributed by atoms with Crippen LogP contribution < -0.4 is 10.2 Å². The molecule has 1 saturated heterocycles. The molecule has 1 aromatic carbocycles. The van der Waals surface area contributed by atoms with Gasteiger partial charge in [0.1, 0.15) is 5.82 Å². The molecule has 1 unspecified atom stereocenters. The average Bonchev–Trinajstić information content (AvgIpc) is 3.05. The fourth-order valence-electron chi connectivity index (χ4n) is 3.17. The molecule has 0 aliphatic carbocycles. The van der Waals surface area contributed by atoms with Crippen molar-refractivity contribution >= 4 is 11.6 Å². The first kappa shape index (κ1) is 17.5. The van der Waals surface area contributed by atoms with Gasteiger partial charge in [0.15, 0.2) is 0 Å². The summed E-state index contributed by atoms with van der Waals surface area (Å²) in [4.78, 5) is 19.7. The van der Waals surface area contributed by atoms with E-state index in [1.165, 1.54) is 0 Å². The largest absolute Gasteiger partial charge is 0.378 e. The first-order valence-electron chi connectivity index (χ1n) is 8.77. The number of amides is 1. The molecule has 0 radical (unpaired) electrons. The third-order valence-electron chi connectivity index (χ3n) is 4.59. The molecule has 0 saturated carbocycles. The number of para-hydroxylation sites is 1. The minimum atomic E-state index is -0.134. The molecule has 2 heterocycles. The first-order chi connectivity index (χ1) is 12.1. The van der Waals surface area contributed by atoms with E-state index in [9.17, 15) is 4.79 Å². The fourth-order valence-corrected chi connectivity index (χ4v) is 3.17. The fraction of sp³-hybridized carbons (Fsp3) is 0.474. The second kappa shape index (κ2) is 7.70. The molecule has 6 nitrogen and oxygen atoms in total. The number of anilines is 1. The number of nitrogens with zero attached hydrogens (tertiary/aromatic N) is 3. The lowest BCUT2D eigenvalue weighted by Gasteiger charge is -2.31. The highest BCUT2D eigenvalue weighted by molar-refractivity contribution is 6.00. The summed E-state index contributed by atoms with van der Waals surface area (Å²) in [5.74, 6) is 1.04. The molecule has 1 N–H and O–H groups in total. The molecular formula is C19H26N4O2. The number of carbonyl (C=O) groups is 1. The molecule has 6 heteroatoms. The predicted octanol–water partition coefficient (Wildman–Crippen LogP) is 2.38. The number of benzene rings is 1. The summed E-state index contributed by atoms with van der Waals surface area (Å²) in [6.07, 6.45) is 3.66. The number of hydrogen-bond acceptors (Lipinski definition) is 4. The molecule has 1 amide bonds. The van der Waals surface area contributed by atoms with E-state index in [4.69, 9.17) is 4.74 Å². The Labute approximate surface area is 148 Å². The number of rotatable bonds is 5. The highest BCUT2D eigenvalue weighted by Crippen LogP contribution is 2.24.